The monoisotopic (exact) mass is 238 g/mol. The van der Waals surface area contributed by atoms with Gasteiger partial charge in [-0.25, -0.2) is 0 Å². The molecular weight excluding hydrogens is 220 g/mol. The van der Waals surface area contributed by atoms with E-state index in [1.807, 2.05) is 12.1 Å². The first-order valence-corrected chi connectivity index (χ1v) is 5.86. The van der Waals surface area contributed by atoms with E-state index < -0.39 is 5.97 Å². The average Bonchev–Trinajstić information content (AvgIpc) is 2.68. The number of carboxylic acids is 1. The highest BCUT2D eigenvalue weighted by molar-refractivity contribution is 5.70. The molecule has 1 aliphatic heterocycles. The van der Waals surface area contributed by atoms with Gasteiger partial charge < -0.3 is 14.8 Å². The Morgan fingerprint density at radius 1 is 1.65 bits per heavy atom. The van der Waals surface area contributed by atoms with Gasteiger partial charge in [-0.2, -0.15) is 0 Å². The Morgan fingerprint density at radius 3 is 3.12 bits per heavy atom. The lowest BCUT2D eigenvalue weighted by molar-refractivity contribution is -0.142. The minimum Gasteiger partial charge on any atom is -0.481 e. The summed E-state index contributed by atoms with van der Waals surface area (Å²) in [7, 11) is 0. The summed E-state index contributed by atoms with van der Waals surface area (Å²) in [5.74, 6) is -0.214. The predicted octanol–water partition coefficient (Wildman–Crippen LogP) is 0.774. The van der Waals surface area contributed by atoms with Crippen molar-refractivity contribution in [3.63, 3.8) is 0 Å². The zero-order valence-corrected chi connectivity index (χ0v) is 9.93. The van der Waals surface area contributed by atoms with E-state index >= 15 is 0 Å². The van der Waals surface area contributed by atoms with E-state index in [0.29, 0.717) is 25.7 Å². The third-order valence-corrected chi connectivity index (χ3v) is 3.03. The summed E-state index contributed by atoms with van der Waals surface area (Å²) in [6.07, 6.45) is 1.64. The molecule has 0 saturated carbocycles. The molecule has 1 fully saturated rings. The summed E-state index contributed by atoms with van der Waals surface area (Å²) >= 11 is 0. The summed E-state index contributed by atoms with van der Waals surface area (Å²) in [4.78, 5) is 13.2. The maximum atomic E-state index is 11.1. The van der Waals surface area contributed by atoms with Crippen LogP contribution in [0.4, 0.5) is 0 Å². The highest BCUT2D eigenvalue weighted by Crippen LogP contribution is 2.12. The average molecular weight is 238 g/mol. The van der Waals surface area contributed by atoms with Crippen LogP contribution in [0.15, 0.2) is 22.8 Å². The Morgan fingerprint density at radius 2 is 2.47 bits per heavy atom. The first kappa shape index (κ1) is 12.1. The van der Waals surface area contributed by atoms with Gasteiger partial charge in [0.1, 0.15) is 5.76 Å². The fourth-order valence-electron chi connectivity index (χ4n) is 2.16. The summed E-state index contributed by atoms with van der Waals surface area (Å²) in [5.41, 5.74) is 0. The van der Waals surface area contributed by atoms with Gasteiger partial charge in [0.05, 0.1) is 18.7 Å². The first-order chi connectivity index (χ1) is 8.15. The van der Waals surface area contributed by atoms with Gasteiger partial charge in [-0.05, 0) is 19.1 Å². The van der Waals surface area contributed by atoms with Crippen LogP contribution >= 0.6 is 0 Å². The van der Waals surface area contributed by atoms with Crippen molar-refractivity contribution in [3.8, 4) is 0 Å². The van der Waals surface area contributed by atoms with Crippen LogP contribution < -0.4 is 5.32 Å². The molecular formula is C12H18N2O3. The normalized spacial score (nSPS) is 26.6. The van der Waals surface area contributed by atoms with Crippen molar-refractivity contribution in [1.29, 1.82) is 0 Å². The Hall–Kier alpha value is -1.33. The van der Waals surface area contributed by atoms with Crippen LogP contribution in [0.3, 0.4) is 0 Å². The van der Waals surface area contributed by atoms with Crippen molar-refractivity contribution in [2.75, 3.05) is 19.6 Å². The number of carbonyl (C=O) groups is 1. The van der Waals surface area contributed by atoms with Crippen molar-refractivity contribution in [2.24, 2.45) is 5.92 Å². The summed E-state index contributed by atoms with van der Waals surface area (Å²) in [6, 6.07) is 4.07. The van der Waals surface area contributed by atoms with E-state index in [0.717, 1.165) is 12.3 Å². The van der Waals surface area contributed by atoms with Crippen LogP contribution in [-0.4, -0.2) is 41.7 Å². The molecule has 0 radical (unpaired) electrons. The predicted molar refractivity (Wildman–Crippen MR) is 62.6 cm³/mol. The van der Waals surface area contributed by atoms with E-state index in [1.54, 1.807) is 6.26 Å². The molecule has 0 spiro atoms. The number of hydrogen-bond donors (Lipinski definition) is 2. The lowest BCUT2D eigenvalue weighted by Gasteiger charge is -2.22. The summed E-state index contributed by atoms with van der Waals surface area (Å²) in [5, 5.41) is 12.3. The van der Waals surface area contributed by atoms with Crippen LogP contribution in [0.25, 0.3) is 0 Å². The molecule has 2 N–H and O–H groups in total. The molecule has 94 valence electrons. The molecule has 2 rings (SSSR count). The third-order valence-electron chi connectivity index (χ3n) is 3.03. The van der Waals surface area contributed by atoms with E-state index in [2.05, 4.69) is 17.1 Å². The van der Waals surface area contributed by atoms with Gasteiger partial charge in [0.15, 0.2) is 0 Å². The second kappa shape index (κ2) is 5.33. The van der Waals surface area contributed by atoms with E-state index in [4.69, 9.17) is 9.52 Å². The van der Waals surface area contributed by atoms with Gasteiger partial charge in [0, 0.05) is 25.7 Å². The van der Waals surface area contributed by atoms with Gasteiger partial charge in [0.2, 0.25) is 0 Å². The molecule has 1 saturated heterocycles. The minimum absolute atomic E-state index is 0.300. The van der Waals surface area contributed by atoms with Crippen molar-refractivity contribution in [3.05, 3.63) is 24.2 Å². The Bertz CT molecular complexity index is 364. The second-order valence-corrected chi connectivity index (χ2v) is 4.62. The van der Waals surface area contributed by atoms with E-state index in [9.17, 15) is 4.79 Å². The zero-order chi connectivity index (χ0) is 12.3. The van der Waals surface area contributed by atoms with Gasteiger partial charge >= 0.3 is 5.97 Å². The Kier molecular flexibility index (Phi) is 3.81. The first-order valence-electron chi connectivity index (χ1n) is 5.86. The highest BCUT2D eigenvalue weighted by Gasteiger charge is 2.26. The smallest absolute Gasteiger partial charge is 0.309 e. The summed E-state index contributed by atoms with van der Waals surface area (Å²) < 4.78 is 5.30. The molecule has 0 amide bonds. The molecule has 5 heteroatoms. The van der Waals surface area contributed by atoms with Gasteiger partial charge in [-0.1, -0.05) is 0 Å². The molecule has 1 aliphatic rings. The minimum atomic E-state index is -0.740. The third kappa shape index (κ3) is 3.31. The number of rotatable bonds is 3. The van der Waals surface area contributed by atoms with Crippen molar-refractivity contribution < 1.29 is 14.3 Å². The maximum absolute atomic E-state index is 11.1. The molecule has 2 unspecified atom stereocenters. The van der Waals surface area contributed by atoms with Gasteiger partial charge in [-0.3, -0.25) is 9.69 Å². The number of aliphatic carboxylic acids is 1. The fourth-order valence-corrected chi connectivity index (χ4v) is 2.16. The van der Waals surface area contributed by atoms with Crippen molar-refractivity contribution in [1.82, 2.24) is 10.2 Å². The molecule has 5 nitrogen and oxygen atoms in total. The molecule has 17 heavy (non-hydrogen) atoms. The lowest BCUT2D eigenvalue weighted by atomic mass is 10.1. The largest absolute Gasteiger partial charge is 0.481 e. The van der Waals surface area contributed by atoms with Gasteiger partial charge in [-0.15, -0.1) is 0 Å². The second-order valence-electron chi connectivity index (χ2n) is 4.62. The van der Waals surface area contributed by atoms with E-state index in [-0.39, 0.29) is 5.92 Å². The number of carboxylic acid groups (broad SMARTS) is 1. The molecule has 0 aromatic carbocycles. The lowest BCUT2D eigenvalue weighted by Crippen LogP contribution is -2.34. The van der Waals surface area contributed by atoms with Crippen molar-refractivity contribution >= 4 is 5.97 Å². The number of nitrogens with one attached hydrogen (secondary N) is 1. The van der Waals surface area contributed by atoms with Crippen LogP contribution in [-0.2, 0) is 11.3 Å². The SMILES string of the molecule is CC1CN(Cc2ccco2)CC(C(=O)O)CN1. The highest BCUT2D eigenvalue weighted by atomic mass is 16.4. The van der Waals surface area contributed by atoms with Crippen LogP contribution in [0.2, 0.25) is 0 Å². The molecule has 2 atom stereocenters. The van der Waals surface area contributed by atoms with Crippen LogP contribution in [0.5, 0.6) is 0 Å². The number of hydrogen-bond acceptors (Lipinski definition) is 4. The fraction of sp³-hybridized carbons (Fsp3) is 0.583. The zero-order valence-electron chi connectivity index (χ0n) is 9.93. The Labute approximate surface area is 100 Å². The topological polar surface area (TPSA) is 65.7 Å². The number of nitrogens with zero attached hydrogens (tertiary/aromatic N) is 1. The van der Waals surface area contributed by atoms with Gasteiger partial charge in [0.25, 0.3) is 0 Å². The van der Waals surface area contributed by atoms with Crippen LogP contribution in [0, 0.1) is 5.92 Å². The quantitative estimate of drug-likeness (QED) is 0.814. The summed E-state index contributed by atoms with van der Waals surface area (Å²) in [6.45, 7) is 4.67. The molecule has 1 aromatic heterocycles. The van der Waals surface area contributed by atoms with Crippen LogP contribution in [0.1, 0.15) is 12.7 Å². The molecule has 0 bridgehead atoms. The number of furan rings is 1. The molecule has 2 heterocycles. The standard InChI is InChI=1S/C12H18N2O3/c1-9-6-14(8-11-3-2-4-17-11)7-10(5-13-9)12(15)16/h2-4,9-10,13H,5-8H2,1H3,(H,15,16). The van der Waals surface area contributed by atoms with E-state index in [1.165, 1.54) is 0 Å². The van der Waals surface area contributed by atoms with Crippen molar-refractivity contribution in [2.45, 2.75) is 19.5 Å². The Balaban J connectivity index is 2.01. The maximum Gasteiger partial charge on any atom is 0.309 e. The molecule has 0 aliphatic carbocycles. The molecule has 1 aromatic rings.